The second-order valence-electron chi connectivity index (χ2n) is 5.45. The van der Waals surface area contributed by atoms with E-state index in [0.717, 1.165) is 12.8 Å². The van der Waals surface area contributed by atoms with Gasteiger partial charge >= 0.3 is 12.0 Å². The van der Waals surface area contributed by atoms with Crippen LogP contribution in [0.5, 0.6) is 0 Å². The van der Waals surface area contributed by atoms with Gasteiger partial charge in [0.25, 0.3) is 0 Å². The van der Waals surface area contributed by atoms with Gasteiger partial charge in [-0.2, -0.15) is 0 Å². The Kier molecular flexibility index (Phi) is 4.95. The molecule has 2 amide bonds. The van der Waals surface area contributed by atoms with E-state index in [9.17, 15) is 14.7 Å². The lowest BCUT2D eigenvalue weighted by molar-refractivity contribution is -0.137. The number of carboxylic acids is 1. The second-order valence-corrected chi connectivity index (χ2v) is 5.45. The molecule has 1 rings (SSSR count). The SMILES string of the molecule is CC(C)(CCC(=O)O)NC(=O)N1CCCC(O)C1. The molecule has 3 N–H and O–H groups in total. The lowest BCUT2D eigenvalue weighted by Crippen LogP contribution is -2.53. The van der Waals surface area contributed by atoms with Gasteiger partial charge in [0.2, 0.25) is 0 Å². The molecule has 1 saturated heterocycles. The molecule has 0 aromatic carbocycles. The number of aliphatic hydroxyl groups excluding tert-OH is 1. The van der Waals surface area contributed by atoms with Crippen molar-refractivity contribution in [1.29, 1.82) is 0 Å². The third-order valence-electron chi connectivity index (χ3n) is 3.09. The van der Waals surface area contributed by atoms with Gasteiger partial charge in [-0.25, -0.2) is 4.79 Å². The Morgan fingerprint density at radius 3 is 2.67 bits per heavy atom. The van der Waals surface area contributed by atoms with Crippen LogP contribution < -0.4 is 5.32 Å². The quantitative estimate of drug-likeness (QED) is 0.695. The summed E-state index contributed by atoms with van der Waals surface area (Å²) in [7, 11) is 0. The van der Waals surface area contributed by atoms with Crippen molar-refractivity contribution >= 4 is 12.0 Å². The summed E-state index contributed by atoms with van der Waals surface area (Å²) >= 11 is 0. The zero-order valence-electron chi connectivity index (χ0n) is 11.0. The summed E-state index contributed by atoms with van der Waals surface area (Å²) in [5.74, 6) is -0.870. The zero-order chi connectivity index (χ0) is 13.8. The van der Waals surface area contributed by atoms with Crippen LogP contribution in [-0.4, -0.2) is 51.8 Å². The van der Waals surface area contributed by atoms with E-state index in [4.69, 9.17) is 5.11 Å². The smallest absolute Gasteiger partial charge is 0.317 e. The first-order valence-corrected chi connectivity index (χ1v) is 6.27. The van der Waals surface area contributed by atoms with Crippen LogP contribution in [0.1, 0.15) is 39.5 Å². The molecule has 6 heteroatoms. The van der Waals surface area contributed by atoms with Crippen molar-refractivity contribution in [3.8, 4) is 0 Å². The molecule has 0 aliphatic carbocycles. The molecule has 1 fully saturated rings. The molecule has 6 nitrogen and oxygen atoms in total. The Labute approximate surface area is 107 Å². The van der Waals surface area contributed by atoms with Crippen LogP contribution in [0.3, 0.4) is 0 Å². The lowest BCUT2D eigenvalue weighted by Gasteiger charge is -2.34. The Bertz CT molecular complexity index is 317. The molecule has 1 aliphatic rings. The number of likely N-dealkylation sites (tertiary alicyclic amines) is 1. The van der Waals surface area contributed by atoms with Crippen molar-refractivity contribution in [2.24, 2.45) is 0 Å². The molecular weight excluding hydrogens is 236 g/mol. The number of nitrogens with zero attached hydrogens (tertiary/aromatic N) is 1. The molecule has 0 radical (unpaired) electrons. The Morgan fingerprint density at radius 1 is 1.44 bits per heavy atom. The van der Waals surface area contributed by atoms with Crippen LogP contribution in [0.15, 0.2) is 0 Å². The molecule has 1 atom stereocenters. The van der Waals surface area contributed by atoms with Crippen molar-refractivity contribution < 1.29 is 19.8 Å². The number of amides is 2. The highest BCUT2D eigenvalue weighted by molar-refractivity contribution is 5.75. The number of hydrogen-bond donors (Lipinski definition) is 3. The van der Waals surface area contributed by atoms with Gasteiger partial charge in [-0.05, 0) is 33.1 Å². The number of urea groups is 1. The minimum absolute atomic E-state index is 0.0237. The summed E-state index contributed by atoms with van der Waals surface area (Å²) in [4.78, 5) is 24.1. The van der Waals surface area contributed by atoms with Gasteiger partial charge < -0.3 is 20.4 Å². The van der Waals surface area contributed by atoms with Crippen LogP contribution in [0.2, 0.25) is 0 Å². The van der Waals surface area contributed by atoms with Gasteiger partial charge in [-0.1, -0.05) is 0 Å². The van der Waals surface area contributed by atoms with Crippen molar-refractivity contribution in [3.05, 3.63) is 0 Å². The van der Waals surface area contributed by atoms with Gasteiger partial charge in [0, 0.05) is 25.0 Å². The molecule has 0 bridgehead atoms. The van der Waals surface area contributed by atoms with Gasteiger partial charge in [0.05, 0.1) is 6.10 Å². The minimum atomic E-state index is -0.870. The number of hydrogen-bond acceptors (Lipinski definition) is 3. The molecule has 104 valence electrons. The summed E-state index contributed by atoms with van der Waals surface area (Å²) in [6.45, 7) is 4.58. The third kappa shape index (κ3) is 4.91. The number of β-amino-alcohol motifs (C(OH)–C–C–N with tert-alkyl or cyclic N) is 1. The maximum Gasteiger partial charge on any atom is 0.317 e. The molecular formula is C12H22N2O4. The summed E-state index contributed by atoms with van der Waals surface area (Å²) in [5.41, 5.74) is -0.558. The highest BCUT2D eigenvalue weighted by atomic mass is 16.4. The van der Waals surface area contributed by atoms with Crippen molar-refractivity contribution in [2.45, 2.75) is 51.2 Å². The lowest BCUT2D eigenvalue weighted by atomic mass is 9.98. The van der Waals surface area contributed by atoms with Gasteiger partial charge in [0.15, 0.2) is 0 Å². The number of aliphatic hydroxyl groups is 1. The van der Waals surface area contributed by atoms with Crippen molar-refractivity contribution in [1.82, 2.24) is 10.2 Å². The van der Waals surface area contributed by atoms with Gasteiger partial charge in [-0.3, -0.25) is 4.79 Å². The third-order valence-corrected chi connectivity index (χ3v) is 3.09. The highest BCUT2D eigenvalue weighted by Crippen LogP contribution is 2.14. The fraction of sp³-hybridized carbons (Fsp3) is 0.833. The summed E-state index contributed by atoms with van der Waals surface area (Å²) in [5, 5.41) is 21.0. The fourth-order valence-electron chi connectivity index (χ4n) is 1.99. The minimum Gasteiger partial charge on any atom is -0.481 e. The molecule has 0 aromatic rings. The number of carboxylic acid groups (broad SMARTS) is 1. The van der Waals surface area contributed by atoms with E-state index >= 15 is 0 Å². The zero-order valence-corrected chi connectivity index (χ0v) is 11.0. The molecule has 1 heterocycles. The van der Waals surface area contributed by atoms with E-state index in [-0.39, 0.29) is 12.5 Å². The average Bonchev–Trinajstić information content (AvgIpc) is 2.26. The summed E-state index contributed by atoms with van der Waals surface area (Å²) in [6, 6.07) is -0.232. The summed E-state index contributed by atoms with van der Waals surface area (Å²) < 4.78 is 0. The van der Waals surface area contributed by atoms with Crippen LogP contribution in [0.25, 0.3) is 0 Å². The maximum absolute atomic E-state index is 12.0. The number of aliphatic carboxylic acids is 1. The largest absolute Gasteiger partial charge is 0.481 e. The monoisotopic (exact) mass is 258 g/mol. The number of nitrogens with one attached hydrogen (secondary N) is 1. The standard InChI is InChI=1S/C12H22N2O4/c1-12(2,6-5-10(16)17)13-11(18)14-7-3-4-9(15)8-14/h9,15H,3-8H2,1-2H3,(H,13,18)(H,16,17). The number of piperidine rings is 1. The topological polar surface area (TPSA) is 89.9 Å². The maximum atomic E-state index is 12.0. The first kappa shape index (κ1) is 14.8. The molecule has 0 aromatic heterocycles. The van der Waals surface area contributed by atoms with Gasteiger partial charge in [-0.15, -0.1) is 0 Å². The van der Waals surface area contributed by atoms with Crippen LogP contribution >= 0.6 is 0 Å². The summed E-state index contributed by atoms with van der Waals surface area (Å²) in [6.07, 6.45) is 1.48. The van der Waals surface area contributed by atoms with E-state index in [1.54, 1.807) is 18.7 Å². The molecule has 0 spiro atoms. The molecule has 18 heavy (non-hydrogen) atoms. The van der Waals surface area contributed by atoms with E-state index in [1.165, 1.54) is 0 Å². The predicted octanol–water partition coefficient (Wildman–Crippen LogP) is 0.796. The number of carbonyl (C=O) groups is 2. The number of carbonyl (C=O) groups excluding carboxylic acids is 1. The van der Waals surface area contributed by atoms with Crippen LogP contribution in [0.4, 0.5) is 4.79 Å². The van der Waals surface area contributed by atoms with E-state index in [1.807, 2.05) is 0 Å². The average molecular weight is 258 g/mol. The van der Waals surface area contributed by atoms with E-state index in [0.29, 0.717) is 19.5 Å². The normalized spacial score (nSPS) is 20.6. The first-order chi connectivity index (χ1) is 8.30. The Hall–Kier alpha value is -1.30. The van der Waals surface area contributed by atoms with Crippen LogP contribution in [-0.2, 0) is 4.79 Å². The van der Waals surface area contributed by atoms with Crippen molar-refractivity contribution in [2.75, 3.05) is 13.1 Å². The van der Waals surface area contributed by atoms with E-state index < -0.39 is 17.6 Å². The molecule has 1 unspecified atom stereocenters. The highest BCUT2D eigenvalue weighted by Gasteiger charge is 2.27. The Morgan fingerprint density at radius 2 is 2.11 bits per heavy atom. The molecule has 0 saturated carbocycles. The fourth-order valence-corrected chi connectivity index (χ4v) is 1.99. The first-order valence-electron chi connectivity index (χ1n) is 6.27. The molecule has 1 aliphatic heterocycles. The Balaban J connectivity index is 2.44. The van der Waals surface area contributed by atoms with Crippen LogP contribution in [0, 0.1) is 0 Å². The second kappa shape index (κ2) is 6.04. The number of rotatable bonds is 4. The van der Waals surface area contributed by atoms with Crippen molar-refractivity contribution in [3.63, 3.8) is 0 Å². The predicted molar refractivity (Wildman–Crippen MR) is 66.3 cm³/mol. The van der Waals surface area contributed by atoms with Gasteiger partial charge in [0.1, 0.15) is 0 Å². The van der Waals surface area contributed by atoms with E-state index in [2.05, 4.69) is 5.32 Å².